The lowest BCUT2D eigenvalue weighted by atomic mass is 10.1. The summed E-state index contributed by atoms with van der Waals surface area (Å²) in [5.74, 6) is 0.976. The van der Waals surface area contributed by atoms with Gasteiger partial charge in [0, 0.05) is 19.0 Å². The fraction of sp³-hybridized carbons (Fsp3) is 0.833. The number of halogens is 3. The molecule has 1 aromatic heterocycles. The summed E-state index contributed by atoms with van der Waals surface area (Å²) in [6.07, 6.45) is -3.39. The minimum atomic E-state index is -4.17. The van der Waals surface area contributed by atoms with Crippen molar-refractivity contribution in [1.82, 2.24) is 20.1 Å². The molecule has 1 rings (SSSR count). The second-order valence-corrected chi connectivity index (χ2v) is 5.03. The number of nitrogens with zero attached hydrogens (tertiary/aromatic N) is 3. The molecule has 0 fully saturated rings. The normalized spacial score (nSPS) is 14.1. The molecule has 0 saturated heterocycles. The van der Waals surface area contributed by atoms with Crippen molar-refractivity contribution >= 4 is 0 Å². The topological polar surface area (TPSA) is 42.7 Å². The van der Waals surface area contributed by atoms with Gasteiger partial charge in [0.1, 0.15) is 12.2 Å². The fourth-order valence-corrected chi connectivity index (χ4v) is 1.95. The van der Waals surface area contributed by atoms with E-state index in [-0.39, 0.29) is 6.42 Å². The lowest BCUT2D eigenvalue weighted by Crippen LogP contribution is -2.36. The third-order valence-electron chi connectivity index (χ3n) is 2.63. The van der Waals surface area contributed by atoms with Crippen molar-refractivity contribution in [3.8, 4) is 0 Å². The monoisotopic (exact) mass is 278 g/mol. The number of nitrogens with one attached hydrogen (secondary N) is 1. The van der Waals surface area contributed by atoms with Crippen molar-refractivity contribution in [2.45, 2.75) is 52.4 Å². The van der Waals surface area contributed by atoms with Gasteiger partial charge in [-0.05, 0) is 12.5 Å². The number of aromatic nitrogens is 3. The number of alkyl halides is 3. The van der Waals surface area contributed by atoms with Crippen LogP contribution in [0.15, 0.2) is 6.33 Å². The van der Waals surface area contributed by atoms with Crippen LogP contribution in [0.3, 0.4) is 0 Å². The van der Waals surface area contributed by atoms with Gasteiger partial charge in [0.15, 0.2) is 0 Å². The molecule has 110 valence electrons. The summed E-state index contributed by atoms with van der Waals surface area (Å²) in [5, 5.41) is 6.92. The maximum absolute atomic E-state index is 12.5. The molecule has 1 aromatic rings. The maximum atomic E-state index is 12.5. The zero-order chi connectivity index (χ0) is 14.5. The smallest absolute Gasteiger partial charge is 0.313 e. The van der Waals surface area contributed by atoms with Crippen LogP contribution >= 0.6 is 0 Å². The predicted octanol–water partition coefficient (Wildman–Crippen LogP) is 2.41. The summed E-state index contributed by atoms with van der Waals surface area (Å²) in [5.41, 5.74) is 0. The van der Waals surface area contributed by atoms with Gasteiger partial charge in [-0.2, -0.15) is 18.3 Å². The molecule has 1 heterocycles. The fourth-order valence-electron chi connectivity index (χ4n) is 1.95. The molecule has 7 heteroatoms. The van der Waals surface area contributed by atoms with Crippen molar-refractivity contribution < 1.29 is 13.2 Å². The summed E-state index contributed by atoms with van der Waals surface area (Å²) in [6, 6.07) is -0.653. The van der Waals surface area contributed by atoms with Crippen LogP contribution in [-0.4, -0.2) is 33.5 Å². The zero-order valence-corrected chi connectivity index (χ0v) is 11.5. The highest BCUT2D eigenvalue weighted by atomic mass is 19.4. The molecular formula is C12H21F3N4. The van der Waals surface area contributed by atoms with E-state index in [1.807, 2.05) is 13.8 Å². The van der Waals surface area contributed by atoms with E-state index in [2.05, 4.69) is 15.4 Å². The summed E-state index contributed by atoms with van der Waals surface area (Å²) >= 11 is 0. The third-order valence-corrected chi connectivity index (χ3v) is 2.63. The summed E-state index contributed by atoms with van der Waals surface area (Å²) in [7, 11) is 0. The van der Waals surface area contributed by atoms with E-state index in [0.29, 0.717) is 24.8 Å². The van der Waals surface area contributed by atoms with Crippen molar-refractivity contribution in [3.05, 3.63) is 12.2 Å². The van der Waals surface area contributed by atoms with Crippen LogP contribution in [0.5, 0.6) is 0 Å². The van der Waals surface area contributed by atoms with E-state index in [9.17, 15) is 13.2 Å². The van der Waals surface area contributed by atoms with E-state index in [4.69, 9.17) is 0 Å². The second-order valence-electron chi connectivity index (χ2n) is 5.03. The van der Waals surface area contributed by atoms with Gasteiger partial charge in [0.2, 0.25) is 0 Å². The molecule has 0 aliphatic carbocycles. The summed E-state index contributed by atoms with van der Waals surface area (Å²) in [6.45, 7) is 7.02. The maximum Gasteiger partial charge on any atom is 0.390 e. The van der Waals surface area contributed by atoms with Crippen molar-refractivity contribution in [2.75, 3.05) is 6.54 Å². The van der Waals surface area contributed by atoms with Crippen LogP contribution in [0.2, 0.25) is 0 Å². The molecule has 0 spiro atoms. The quantitative estimate of drug-likeness (QED) is 0.833. The van der Waals surface area contributed by atoms with Gasteiger partial charge in [0.05, 0.1) is 6.42 Å². The van der Waals surface area contributed by atoms with Crippen molar-refractivity contribution in [2.24, 2.45) is 5.92 Å². The minimum absolute atomic E-state index is 0.236. The third kappa shape index (κ3) is 6.04. The first-order valence-corrected chi connectivity index (χ1v) is 6.48. The van der Waals surface area contributed by atoms with Gasteiger partial charge in [-0.15, -0.1) is 0 Å². The van der Waals surface area contributed by atoms with Gasteiger partial charge in [-0.25, -0.2) is 9.67 Å². The SMILES string of the molecule is CCNC(Cc1ncnn1CC(C)C)CC(F)(F)F. The molecule has 0 radical (unpaired) electrons. The Labute approximate surface area is 111 Å². The largest absolute Gasteiger partial charge is 0.390 e. The second kappa shape index (κ2) is 6.88. The number of hydrogen-bond acceptors (Lipinski definition) is 3. The average Bonchev–Trinajstić information content (AvgIpc) is 2.62. The minimum Gasteiger partial charge on any atom is -0.313 e. The Morgan fingerprint density at radius 2 is 2.05 bits per heavy atom. The first-order valence-electron chi connectivity index (χ1n) is 6.48. The van der Waals surface area contributed by atoms with Crippen molar-refractivity contribution in [1.29, 1.82) is 0 Å². The van der Waals surface area contributed by atoms with Gasteiger partial charge < -0.3 is 5.32 Å². The van der Waals surface area contributed by atoms with Crippen LogP contribution < -0.4 is 5.32 Å². The standard InChI is InChI=1S/C12H21F3N4/c1-4-16-10(6-12(13,14)15)5-11-17-8-18-19(11)7-9(2)3/h8-10,16H,4-7H2,1-3H3. The Bertz CT molecular complexity index is 373. The Morgan fingerprint density at radius 1 is 1.37 bits per heavy atom. The first-order chi connectivity index (χ1) is 8.81. The van der Waals surface area contributed by atoms with Gasteiger partial charge in [-0.3, -0.25) is 0 Å². The van der Waals surface area contributed by atoms with Crippen LogP contribution in [0.25, 0.3) is 0 Å². The number of rotatable bonds is 7. The molecule has 1 unspecified atom stereocenters. The molecule has 0 aliphatic rings. The lowest BCUT2D eigenvalue weighted by molar-refractivity contribution is -0.140. The van der Waals surface area contributed by atoms with Gasteiger partial charge in [0.25, 0.3) is 0 Å². The molecule has 19 heavy (non-hydrogen) atoms. The molecule has 1 N–H and O–H groups in total. The Hall–Kier alpha value is -1.11. The highest BCUT2D eigenvalue weighted by Gasteiger charge is 2.32. The lowest BCUT2D eigenvalue weighted by Gasteiger charge is -2.19. The molecule has 0 aliphatic heterocycles. The van der Waals surface area contributed by atoms with Crippen LogP contribution in [-0.2, 0) is 13.0 Å². The number of hydrogen-bond donors (Lipinski definition) is 1. The summed E-state index contributed by atoms with van der Waals surface area (Å²) < 4.78 is 39.1. The highest BCUT2D eigenvalue weighted by molar-refractivity contribution is 4.91. The van der Waals surface area contributed by atoms with Crippen molar-refractivity contribution in [3.63, 3.8) is 0 Å². The van der Waals surface area contributed by atoms with E-state index in [1.54, 1.807) is 11.6 Å². The zero-order valence-electron chi connectivity index (χ0n) is 11.5. The van der Waals surface area contributed by atoms with Gasteiger partial charge in [-0.1, -0.05) is 20.8 Å². The Balaban J connectivity index is 2.70. The van der Waals surface area contributed by atoms with Gasteiger partial charge >= 0.3 is 6.18 Å². The van der Waals surface area contributed by atoms with Crippen LogP contribution in [0, 0.1) is 5.92 Å². The molecule has 0 amide bonds. The predicted molar refractivity (Wildman–Crippen MR) is 66.7 cm³/mol. The van der Waals surface area contributed by atoms with Crippen LogP contribution in [0.1, 0.15) is 33.0 Å². The molecule has 4 nitrogen and oxygen atoms in total. The Kier molecular flexibility index (Phi) is 5.78. The molecule has 0 aromatic carbocycles. The molecule has 0 bridgehead atoms. The summed E-state index contributed by atoms with van der Waals surface area (Å²) in [4.78, 5) is 4.07. The van der Waals surface area contributed by atoms with E-state index >= 15 is 0 Å². The molecule has 0 saturated carbocycles. The molecular weight excluding hydrogens is 257 g/mol. The van der Waals surface area contributed by atoms with E-state index in [0.717, 1.165) is 0 Å². The average molecular weight is 278 g/mol. The van der Waals surface area contributed by atoms with Crippen LogP contribution in [0.4, 0.5) is 13.2 Å². The molecule has 1 atom stereocenters. The number of likely N-dealkylation sites (N-methyl/N-ethyl adjacent to an activating group) is 1. The first kappa shape index (κ1) is 15.9. The Morgan fingerprint density at radius 3 is 2.58 bits per heavy atom. The van der Waals surface area contributed by atoms with E-state index < -0.39 is 18.6 Å². The van der Waals surface area contributed by atoms with E-state index in [1.165, 1.54) is 6.33 Å². The highest BCUT2D eigenvalue weighted by Crippen LogP contribution is 2.23.